The number of benzene rings is 2. The normalized spacial score (nSPS) is 10.1. The number of hydrogen-bond acceptors (Lipinski definition) is 4. The van der Waals surface area contributed by atoms with Crippen molar-refractivity contribution in [2.75, 3.05) is 25.3 Å². The topological polar surface area (TPSA) is 73.6 Å². The van der Waals surface area contributed by atoms with Gasteiger partial charge in [-0.05, 0) is 36.2 Å². The number of nitrogen functional groups attached to an aromatic ring is 1. The molecule has 1 amide bonds. The van der Waals surface area contributed by atoms with Crippen molar-refractivity contribution in [1.82, 2.24) is 0 Å². The molecule has 0 aliphatic heterocycles. The number of nitrogens with one attached hydrogen (secondary N) is 1. The first-order chi connectivity index (χ1) is 10.6. The highest BCUT2D eigenvalue weighted by atomic mass is 16.5. The number of nitrogens with two attached hydrogens (primary N) is 1. The van der Waals surface area contributed by atoms with Crippen LogP contribution in [0.3, 0.4) is 0 Å². The number of rotatable bonds is 5. The van der Waals surface area contributed by atoms with Gasteiger partial charge in [-0.2, -0.15) is 0 Å². The minimum Gasteiger partial charge on any atom is -0.496 e. The lowest BCUT2D eigenvalue weighted by Crippen LogP contribution is -2.15. The van der Waals surface area contributed by atoms with Crippen molar-refractivity contribution in [1.29, 1.82) is 0 Å². The van der Waals surface area contributed by atoms with Crippen LogP contribution in [0.5, 0.6) is 11.5 Å². The molecule has 0 atom stereocenters. The zero-order chi connectivity index (χ0) is 16.1. The molecule has 5 heteroatoms. The second-order valence-corrected chi connectivity index (χ2v) is 4.76. The van der Waals surface area contributed by atoms with Gasteiger partial charge in [0.1, 0.15) is 17.1 Å². The molecule has 0 aliphatic rings. The van der Waals surface area contributed by atoms with Crippen LogP contribution in [0.4, 0.5) is 11.4 Å². The average molecular weight is 300 g/mol. The van der Waals surface area contributed by atoms with Gasteiger partial charge in [0.2, 0.25) is 0 Å². The second-order valence-electron chi connectivity index (χ2n) is 4.76. The number of carbonyl (C=O) groups excluding carboxylic acids is 1. The van der Waals surface area contributed by atoms with E-state index in [0.29, 0.717) is 28.4 Å². The number of hydrogen-bond donors (Lipinski definition) is 2. The summed E-state index contributed by atoms with van der Waals surface area (Å²) in [5, 5.41) is 2.82. The van der Waals surface area contributed by atoms with Crippen LogP contribution >= 0.6 is 0 Å². The molecule has 2 aromatic carbocycles. The molecule has 22 heavy (non-hydrogen) atoms. The zero-order valence-electron chi connectivity index (χ0n) is 13.0. The van der Waals surface area contributed by atoms with Gasteiger partial charge >= 0.3 is 0 Å². The highest BCUT2D eigenvalue weighted by Crippen LogP contribution is 2.29. The van der Waals surface area contributed by atoms with E-state index in [-0.39, 0.29) is 5.91 Å². The van der Waals surface area contributed by atoms with Crippen LogP contribution in [0.2, 0.25) is 0 Å². The molecule has 0 saturated heterocycles. The maximum absolute atomic E-state index is 12.5. The maximum atomic E-state index is 12.5. The first-order valence-electron chi connectivity index (χ1n) is 7.01. The molecule has 3 N–H and O–H groups in total. The molecule has 0 radical (unpaired) electrons. The van der Waals surface area contributed by atoms with Gasteiger partial charge in [-0.25, -0.2) is 0 Å². The van der Waals surface area contributed by atoms with Gasteiger partial charge in [0.25, 0.3) is 5.91 Å². The van der Waals surface area contributed by atoms with Crippen LogP contribution in [0.25, 0.3) is 0 Å². The Morgan fingerprint density at radius 2 is 1.77 bits per heavy atom. The van der Waals surface area contributed by atoms with Crippen molar-refractivity contribution < 1.29 is 14.3 Å². The van der Waals surface area contributed by atoms with Crippen LogP contribution in [-0.4, -0.2) is 20.1 Å². The number of carbonyl (C=O) groups is 1. The van der Waals surface area contributed by atoms with E-state index in [1.165, 1.54) is 14.2 Å². The Balaban J connectivity index is 2.31. The Morgan fingerprint density at radius 1 is 1.14 bits per heavy atom. The lowest BCUT2D eigenvalue weighted by atomic mass is 10.1. The Bertz CT molecular complexity index is 661. The Hall–Kier alpha value is -2.69. The largest absolute Gasteiger partial charge is 0.496 e. The van der Waals surface area contributed by atoms with E-state index in [1.54, 1.807) is 24.3 Å². The van der Waals surface area contributed by atoms with Crippen molar-refractivity contribution in [2.24, 2.45) is 0 Å². The summed E-state index contributed by atoms with van der Waals surface area (Å²) in [5.74, 6) is 0.600. The van der Waals surface area contributed by atoms with Gasteiger partial charge < -0.3 is 20.5 Å². The molecule has 5 nitrogen and oxygen atoms in total. The minimum atomic E-state index is -0.307. The molecule has 0 saturated carbocycles. The van der Waals surface area contributed by atoms with Gasteiger partial charge in [0.15, 0.2) is 0 Å². The molecule has 0 aromatic heterocycles. The molecule has 0 spiro atoms. The van der Waals surface area contributed by atoms with Crippen molar-refractivity contribution in [3.63, 3.8) is 0 Å². The third-order valence-corrected chi connectivity index (χ3v) is 3.44. The number of anilines is 2. The summed E-state index contributed by atoms with van der Waals surface area (Å²) in [6.07, 6.45) is 0.848. The van der Waals surface area contributed by atoms with E-state index in [2.05, 4.69) is 5.32 Å². The molecule has 0 bridgehead atoms. The fourth-order valence-electron chi connectivity index (χ4n) is 2.26. The SMILES string of the molecule is CCc1ccc(NC(=O)c2c(OC)cccc2OC)cc1N. The Labute approximate surface area is 130 Å². The van der Waals surface area contributed by atoms with E-state index in [0.717, 1.165) is 12.0 Å². The molecule has 0 aliphatic carbocycles. The average Bonchev–Trinajstić information content (AvgIpc) is 2.54. The van der Waals surface area contributed by atoms with Crippen LogP contribution in [0.1, 0.15) is 22.8 Å². The first kappa shape index (κ1) is 15.7. The second kappa shape index (κ2) is 6.85. The Kier molecular flexibility index (Phi) is 4.88. The minimum absolute atomic E-state index is 0.307. The third kappa shape index (κ3) is 3.14. The highest BCUT2D eigenvalue weighted by Gasteiger charge is 2.18. The summed E-state index contributed by atoms with van der Waals surface area (Å²) in [7, 11) is 3.03. The van der Waals surface area contributed by atoms with E-state index in [4.69, 9.17) is 15.2 Å². The Morgan fingerprint density at radius 3 is 2.27 bits per heavy atom. The summed E-state index contributed by atoms with van der Waals surface area (Å²) in [6.45, 7) is 2.03. The van der Waals surface area contributed by atoms with Crippen molar-refractivity contribution in [3.8, 4) is 11.5 Å². The van der Waals surface area contributed by atoms with Crippen LogP contribution in [-0.2, 0) is 6.42 Å². The predicted molar refractivity (Wildman–Crippen MR) is 87.7 cm³/mol. The van der Waals surface area contributed by atoms with E-state index in [1.807, 2.05) is 19.1 Å². The number of methoxy groups -OCH3 is 2. The van der Waals surface area contributed by atoms with Crippen LogP contribution in [0, 0.1) is 0 Å². The number of aryl methyl sites for hydroxylation is 1. The maximum Gasteiger partial charge on any atom is 0.263 e. The fourth-order valence-corrected chi connectivity index (χ4v) is 2.26. The van der Waals surface area contributed by atoms with Gasteiger partial charge in [0, 0.05) is 11.4 Å². The molecule has 0 fully saturated rings. The zero-order valence-corrected chi connectivity index (χ0v) is 13.0. The van der Waals surface area contributed by atoms with Crippen LogP contribution < -0.4 is 20.5 Å². The van der Waals surface area contributed by atoms with Gasteiger partial charge in [-0.1, -0.05) is 19.1 Å². The van der Waals surface area contributed by atoms with E-state index >= 15 is 0 Å². The van der Waals surface area contributed by atoms with Gasteiger partial charge in [0.05, 0.1) is 14.2 Å². The molecule has 2 aromatic rings. The summed E-state index contributed by atoms with van der Waals surface area (Å²) < 4.78 is 10.5. The number of amides is 1. The summed E-state index contributed by atoms with van der Waals surface area (Å²) in [4.78, 5) is 12.5. The molecular formula is C17H20N2O3. The highest BCUT2D eigenvalue weighted by molar-refractivity contribution is 6.08. The molecule has 116 valence electrons. The third-order valence-electron chi connectivity index (χ3n) is 3.44. The lowest BCUT2D eigenvalue weighted by Gasteiger charge is -2.13. The monoisotopic (exact) mass is 300 g/mol. The molecular weight excluding hydrogens is 280 g/mol. The quantitative estimate of drug-likeness (QED) is 0.832. The van der Waals surface area contributed by atoms with Crippen LogP contribution in [0.15, 0.2) is 36.4 Å². The summed E-state index contributed by atoms with van der Waals surface area (Å²) >= 11 is 0. The predicted octanol–water partition coefficient (Wildman–Crippen LogP) is 3.10. The van der Waals surface area contributed by atoms with E-state index in [9.17, 15) is 4.79 Å². The lowest BCUT2D eigenvalue weighted by molar-refractivity contribution is 0.102. The summed E-state index contributed by atoms with van der Waals surface area (Å²) in [5.41, 5.74) is 8.65. The van der Waals surface area contributed by atoms with Crippen molar-refractivity contribution in [3.05, 3.63) is 47.5 Å². The number of ether oxygens (including phenoxy) is 2. The standard InChI is InChI=1S/C17H20N2O3/c1-4-11-8-9-12(10-13(11)18)19-17(20)16-14(21-2)6-5-7-15(16)22-3/h5-10H,4,18H2,1-3H3,(H,19,20). The molecule has 0 heterocycles. The van der Waals surface area contributed by atoms with Gasteiger partial charge in [-0.15, -0.1) is 0 Å². The molecule has 0 unspecified atom stereocenters. The van der Waals surface area contributed by atoms with Gasteiger partial charge in [-0.3, -0.25) is 4.79 Å². The molecule has 2 rings (SSSR count). The summed E-state index contributed by atoms with van der Waals surface area (Å²) in [6, 6.07) is 10.7. The van der Waals surface area contributed by atoms with Crippen molar-refractivity contribution in [2.45, 2.75) is 13.3 Å². The first-order valence-corrected chi connectivity index (χ1v) is 7.01. The smallest absolute Gasteiger partial charge is 0.263 e. The van der Waals surface area contributed by atoms with E-state index < -0.39 is 0 Å². The fraction of sp³-hybridized carbons (Fsp3) is 0.235. The van der Waals surface area contributed by atoms with Crippen molar-refractivity contribution >= 4 is 17.3 Å².